The van der Waals surface area contributed by atoms with Gasteiger partial charge in [-0.15, -0.1) is 0 Å². The van der Waals surface area contributed by atoms with E-state index in [-0.39, 0.29) is 29.9 Å². The second-order valence-electron chi connectivity index (χ2n) is 5.67. The van der Waals surface area contributed by atoms with Crippen LogP contribution < -0.4 is 14.9 Å². The Kier molecular flexibility index (Phi) is 6.95. The third kappa shape index (κ3) is 5.82. The second kappa shape index (κ2) is 8.96. The van der Waals surface area contributed by atoms with Crippen molar-refractivity contribution in [2.45, 2.75) is 46.0 Å². The highest BCUT2D eigenvalue weighted by Gasteiger charge is 2.26. The minimum atomic E-state index is -1.99. The predicted molar refractivity (Wildman–Crippen MR) is 87.3 cm³/mol. The first kappa shape index (κ1) is 19.4. The molecule has 2 N–H and O–H groups in total. The van der Waals surface area contributed by atoms with Crippen LogP contribution in [0.15, 0.2) is 12.1 Å². The summed E-state index contributed by atoms with van der Waals surface area (Å²) in [6.45, 7) is 3.11. The highest BCUT2D eigenvalue weighted by atomic mass is 16.7. The van der Waals surface area contributed by atoms with Gasteiger partial charge in [-0.2, -0.15) is 0 Å². The van der Waals surface area contributed by atoms with Crippen molar-refractivity contribution in [2.24, 2.45) is 0 Å². The molecule has 1 unspecified atom stereocenters. The third-order valence-electron chi connectivity index (χ3n) is 3.50. The van der Waals surface area contributed by atoms with Gasteiger partial charge in [0, 0.05) is 20.5 Å². The summed E-state index contributed by atoms with van der Waals surface area (Å²) in [6.07, 6.45) is 2.46. The molecular weight excluding hydrogens is 331 g/mol. The van der Waals surface area contributed by atoms with Gasteiger partial charge in [-0.3, -0.25) is 9.59 Å². The number of carbonyl (C=O) groups is 2. The molecule has 2 rings (SSSR count). The van der Waals surface area contributed by atoms with Gasteiger partial charge >= 0.3 is 19.1 Å². The smallest absolute Gasteiger partial charge is 0.427 e. The Hall–Kier alpha value is -1.94. The standard InChI is InChI=1S/C16H21BO8/c1-10(18)24-13-7-12(9-23-15-5-3-4-6-22-15)8-14(25-11(2)19)16(13)17(20)21/h7-8,15,20-21H,3-6,9H2,1-2H3. The number of ether oxygens (including phenoxy) is 4. The van der Waals surface area contributed by atoms with Crippen LogP contribution >= 0.6 is 0 Å². The molecule has 1 atom stereocenters. The van der Waals surface area contributed by atoms with Crippen molar-refractivity contribution in [2.75, 3.05) is 6.61 Å². The maximum atomic E-state index is 11.3. The number of hydrogen-bond donors (Lipinski definition) is 2. The van der Waals surface area contributed by atoms with Crippen molar-refractivity contribution in [3.63, 3.8) is 0 Å². The third-order valence-corrected chi connectivity index (χ3v) is 3.50. The fraction of sp³-hybridized carbons (Fsp3) is 0.500. The van der Waals surface area contributed by atoms with E-state index in [1.54, 1.807) is 0 Å². The lowest BCUT2D eigenvalue weighted by Gasteiger charge is -2.23. The summed E-state index contributed by atoms with van der Waals surface area (Å²) >= 11 is 0. The molecule has 0 spiro atoms. The summed E-state index contributed by atoms with van der Waals surface area (Å²) in [6, 6.07) is 2.87. The molecule has 1 fully saturated rings. The van der Waals surface area contributed by atoms with Crippen LogP contribution in [0, 0.1) is 0 Å². The van der Waals surface area contributed by atoms with Crippen molar-refractivity contribution in [1.29, 1.82) is 0 Å². The van der Waals surface area contributed by atoms with Crippen molar-refractivity contribution >= 4 is 24.5 Å². The van der Waals surface area contributed by atoms with Crippen LogP contribution in [0.2, 0.25) is 0 Å². The van der Waals surface area contributed by atoms with Crippen molar-refractivity contribution < 1.29 is 38.6 Å². The van der Waals surface area contributed by atoms with Crippen LogP contribution in [0.25, 0.3) is 0 Å². The van der Waals surface area contributed by atoms with Crippen molar-refractivity contribution in [3.05, 3.63) is 17.7 Å². The Labute approximate surface area is 145 Å². The van der Waals surface area contributed by atoms with Gasteiger partial charge in [-0.25, -0.2) is 0 Å². The normalized spacial score (nSPS) is 17.0. The van der Waals surface area contributed by atoms with Gasteiger partial charge in [0.2, 0.25) is 0 Å². The van der Waals surface area contributed by atoms with Gasteiger partial charge in [0.25, 0.3) is 0 Å². The molecule has 1 saturated heterocycles. The number of rotatable bonds is 6. The topological polar surface area (TPSA) is 112 Å². The Morgan fingerprint density at radius 2 is 1.76 bits per heavy atom. The molecule has 136 valence electrons. The number of esters is 2. The maximum Gasteiger partial charge on any atom is 0.496 e. The van der Waals surface area contributed by atoms with Crippen LogP contribution in [0.5, 0.6) is 11.5 Å². The molecule has 9 heteroatoms. The van der Waals surface area contributed by atoms with E-state index >= 15 is 0 Å². The Balaban J connectivity index is 2.28. The van der Waals surface area contributed by atoms with E-state index in [9.17, 15) is 19.6 Å². The SMILES string of the molecule is CC(=O)Oc1cc(COC2CCCCO2)cc(OC(C)=O)c1B(O)O. The fourth-order valence-electron chi connectivity index (χ4n) is 2.50. The summed E-state index contributed by atoms with van der Waals surface area (Å²) in [4.78, 5) is 22.6. The molecule has 1 heterocycles. The lowest BCUT2D eigenvalue weighted by Crippen LogP contribution is -2.34. The van der Waals surface area contributed by atoms with E-state index in [0.717, 1.165) is 19.3 Å². The van der Waals surface area contributed by atoms with Crippen LogP contribution in [0.4, 0.5) is 0 Å². The molecule has 0 amide bonds. The second-order valence-corrected chi connectivity index (χ2v) is 5.67. The molecular formula is C16H21BO8. The monoisotopic (exact) mass is 352 g/mol. The molecule has 0 aromatic heterocycles. The van der Waals surface area contributed by atoms with E-state index in [1.165, 1.54) is 26.0 Å². The van der Waals surface area contributed by atoms with Gasteiger partial charge in [0.1, 0.15) is 11.5 Å². The Morgan fingerprint density at radius 1 is 1.16 bits per heavy atom. The molecule has 1 aliphatic rings. The average Bonchev–Trinajstić information content (AvgIpc) is 2.52. The van der Waals surface area contributed by atoms with E-state index < -0.39 is 19.1 Å². The minimum absolute atomic E-state index is 0.107. The molecule has 1 aliphatic heterocycles. The maximum absolute atomic E-state index is 11.3. The van der Waals surface area contributed by atoms with Crippen molar-refractivity contribution in [1.82, 2.24) is 0 Å². The van der Waals surface area contributed by atoms with Crippen LogP contribution in [-0.4, -0.2) is 42.0 Å². The van der Waals surface area contributed by atoms with Gasteiger partial charge in [0.05, 0.1) is 12.1 Å². The zero-order valence-electron chi connectivity index (χ0n) is 14.2. The summed E-state index contributed by atoms with van der Waals surface area (Å²) in [5.41, 5.74) is 0.328. The quantitative estimate of drug-likeness (QED) is 0.426. The summed E-state index contributed by atoms with van der Waals surface area (Å²) in [5.74, 6) is -1.51. The van der Waals surface area contributed by atoms with Gasteiger partial charge in [-0.05, 0) is 37.0 Å². The number of carbonyl (C=O) groups excluding carboxylic acids is 2. The van der Waals surface area contributed by atoms with Gasteiger partial charge < -0.3 is 29.0 Å². The van der Waals surface area contributed by atoms with E-state index in [4.69, 9.17) is 18.9 Å². The molecule has 0 bridgehead atoms. The molecule has 25 heavy (non-hydrogen) atoms. The molecule has 1 aromatic carbocycles. The first-order valence-corrected chi connectivity index (χ1v) is 8.00. The highest BCUT2D eigenvalue weighted by molar-refractivity contribution is 6.61. The summed E-state index contributed by atoms with van der Waals surface area (Å²) in [7, 11) is -1.99. The van der Waals surface area contributed by atoms with Crippen LogP contribution in [-0.2, 0) is 25.7 Å². The number of hydrogen-bond acceptors (Lipinski definition) is 8. The zero-order valence-corrected chi connectivity index (χ0v) is 14.2. The molecule has 0 aliphatic carbocycles. The van der Waals surface area contributed by atoms with Gasteiger partial charge in [-0.1, -0.05) is 0 Å². The number of benzene rings is 1. The molecule has 0 radical (unpaired) electrons. The lowest BCUT2D eigenvalue weighted by molar-refractivity contribution is -0.169. The zero-order chi connectivity index (χ0) is 18.4. The fourth-order valence-corrected chi connectivity index (χ4v) is 2.50. The molecule has 8 nitrogen and oxygen atoms in total. The Morgan fingerprint density at radius 3 is 2.20 bits per heavy atom. The van der Waals surface area contributed by atoms with Crippen LogP contribution in [0.3, 0.4) is 0 Å². The van der Waals surface area contributed by atoms with E-state index in [2.05, 4.69) is 0 Å². The van der Waals surface area contributed by atoms with E-state index in [0.29, 0.717) is 12.2 Å². The predicted octanol–water partition coefficient (Wildman–Crippen LogP) is 0.260. The minimum Gasteiger partial charge on any atom is -0.427 e. The highest BCUT2D eigenvalue weighted by Crippen LogP contribution is 2.24. The first-order chi connectivity index (χ1) is 11.9. The van der Waals surface area contributed by atoms with Crippen LogP contribution in [0.1, 0.15) is 38.7 Å². The summed E-state index contributed by atoms with van der Waals surface area (Å²) in [5, 5.41) is 19.1. The Bertz CT molecular complexity index is 588. The molecule has 1 aromatic rings. The van der Waals surface area contributed by atoms with Gasteiger partial charge in [0.15, 0.2) is 6.29 Å². The van der Waals surface area contributed by atoms with E-state index in [1.807, 2.05) is 0 Å². The molecule has 0 saturated carbocycles. The largest absolute Gasteiger partial charge is 0.496 e. The summed E-state index contributed by atoms with van der Waals surface area (Å²) < 4.78 is 21.2. The van der Waals surface area contributed by atoms with Crippen molar-refractivity contribution in [3.8, 4) is 11.5 Å². The average molecular weight is 352 g/mol. The first-order valence-electron chi connectivity index (χ1n) is 8.00. The lowest BCUT2D eigenvalue weighted by atomic mass is 9.78.